The lowest BCUT2D eigenvalue weighted by Gasteiger charge is -1.98. The Morgan fingerprint density at radius 3 is 2.65 bits per heavy atom. The third-order valence-corrected chi connectivity index (χ3v) is 4.19. The third kappa shape index (κ3) is 6.28. The third-order valence-electron chi connectivity index (χ3n) is 3.01. The van der Waals surface area contributed by atoms with Gasteiger partial charge < -0.3 is 4.74 Å². The molecule has 20 heavy (non-hydrogen) atoms. The van der Waals surface area contributed by atoms with E-state index in [1.807, 2.05) is 12.1 Å². The van der Waals surface area contributed by atoms with Crippen molar-refractivity contribution in [3.05, 3.63) is 21.9 Å². The van der Waals surface area contributed by atoms with Gasteiger partial charge in [-0.2, -0.15) is 0 Å². The van der Waals surface area contributed by atoms with Gasteiger partial charge in [-0.25, -0.2) is 0 Å². The Morgan fingerprint density at radius 1 is 1.15 bits per heavy atom. The Kier molecular flexibility index (Phi) is 8.11. The van der Waals surface area contributed by atoms with Gasteiger partial charge in [0.15, 0.2) is 5.78 Å². The van der Waals surface area contributed by atoms with Gasteiger partial charge in [-0.3, -0.25) is 14.0 Å². The number of ketones is 1. The van der Waals surface area contributed by atoms with Gasteiger partial charge >= 0.3 is 5.97 Å². The van der Waals surface area contributed by atoms with Crippen molar-refractivity contribution >= 4 is 23.1 Å². The molecule has 0 aliphatic rings. The molecule has 0 aliphatic heterocycles. The minimum absolute atomic E-state index is 0.132. The maximum atomic E-state index is 11.9. The predicted molar refractivity (Wildman–Crippen MR) is 78.0 cm³/mol. The number of alkyl halides is 1. The molecule has 0 saturated carbocycles. The maximum Gasteiger partial charge on any atom is 0.305 e. The molecule has 0 spiro atoms. The number of carbonyl (C=O) groups excluding carboxylic acids is 2. The Hall–Kier alpha value is -1.23. The van der Waals surface area contributed by atoms with E-state index in [0.29, 0.717) is 19.3 Å². The Labute approximate surface area is 123 Å². The number of carbonyl (C=O) groups is 2. The van der Waals surface area contributed by atoms with Crippen LogP contribution in [0, 0.1) is 0 Å². The number of hydrogen-bond acceptors (Lipinski definition) is 4. The summed E-state index contributed by atoms with van der Waals surface area (Å²) in [5.41, 5.74) is 0. The average Bonchev–Trinajstić information content (AvgIpc) is 2.92. The van der Waals surface area contributed by atoms with E-state index in [2.05, 4.69) is 4.74 Å². The summed E-state index contributed by atoms with van der Waals surface area (Å²) in [6, 6.07) is 3.78. The van der Waals surface area contributed by atoms with Crippen LogP contribution in [0.4, 0.5) is 4.39 Å². The number of hydrogen-bond donors (Lipinski definition) is 0. The van der Waals surface area contributed by atoms with Gasteiger partial charge in [0.25, 0.3) is 0 Å². The van der Waals surface area contributed by atoms with E-state index in [4.69, 9.17) is 0 Å². The van der Waals surface area contributed by atoms with Crippen molar-refractivity contribution in [2.45, 2.75) is 44.9 Å². The second-order valence-electron chi connectivity index (χ2n) is 4.62. The molecular weight excluding hydrogens is 279 g/mol. The minimum atomic E-state index is -0.308. The summed E-state index contributed by atoms with van der Waals surface area (Å²) in [7, 11) is 1.38. The summed E-state index contributed by atoms with van der Waals surface area (Å²) in [6.07, 6.45) is 4.46. The van der Waals surface area contributed by atoms with Crippen molar-refractivity contribution in [1.82, 2.24) is 0 Å². The first kappa shape index (κ1) is 16.8. The number of thiophene rings is 1. The first-order valence-electron chi connectivity index (χ1n) is 6.92. The van der Waals surface area contributed by atoms with E-state index in [-0.39, 0.29) is 18.4 Å². The molecule has 0 unspecified atom stereocenters. The molecule has 0 radical (unpaired) electrons. The zero-order chi connectivity index (χ0) is 14.8. The fraction of sp³-hybridized carbons (Fsp3) is 0.600. The van der Waals surface area contributed by atoms with E-state index in [1.165, 1.54) is 18.4 Å². The van der Waals surface area contributed by atoms with Gasteiger partial charge in [-0.05, 0) is 37.8 Å². The van der Waals surface area contributed by atoms with Gasteiger partial charge in [0.05, 0.1) is 18.7 Å². The number of aryl methyl sites for hydroxylation is 1. The standard InChI is InChI=1S/C15H21FO3S/c1-19-15(18)8-5-6-12-9-10-14(20-12)13(17)7-3-2-4-11-16/h9-10H,2-8,11H2,1H3. The summed E-state index contributed by atoms with van der Waals surface area (Å²) >= 11 is 1.49. The highest BCUT2D eigenvalue weighted by Crippen LogP contribution is 2.21. The van der Waals surface area contributed by atoms with Crippen LogP contribution in [0.3, 0.4) is 0 Å². The predicted octanol–water partition coefficient (Wildman–Crippen LogP) is 3.96. The molecule has 0 amide bonds. The molecule has 1 rings (SSSR count). The van der Waals surface area contributed by atoms with Crippen LogP contribution in [-0.4, -0.2) is 25.5 Å². The molecule has 1 heterocycles. The smallest absolute Gasteiger partial charge is 0.305 e. The summed E-state index contributed by atoms with van der Waals surface area (Å²) in [4.78, 5) is 24.8. The summed E-state index contributed by atoms with van der Waals surface area (Å²) in [5.74, 6) is -0.0706. The van der Waals surface area contributed by atoms with Gasteiger partial charge in [0.2, 0.25) is 0 Å². The first-order chi connectivity index (χ1) is 9.67. The average molecular weight is 300 g/mol. The molecule has 3 nitrogen and oxygen atoms in total. The van der Waals surface area contributed by atoms with E-state index < -0.39 is 0 Å². The summed E-state index contributed by atoms with van der Waals surface area (Å²) in [5, 5.41) is 0. The molecule has 112 valence electrons. The lowest BCUT2D eigenvalue weighted by molar-refractivity contribution is -0.140. The topological polar surface area (TPSA) is 43.4 Å². The first-order valence-corrected chi connectivity index (χ1v) is 7.73. The molecule has 1 aromatic heterocycles. The number of unbranched alkanes of at least 4 members (excludes halogenated alkanes) is 2. The van der Waals surface area contributed by atoms with Crippen molar-refractivity contribution < 1.29 is 18.7 Å². The van der Waals surface area contributed by atoms with E-state index in [0.717, 1.165) is 35.4 Å². The number of rotatable bonds is 10. The molecule has 0 aromatic carbocycles. The number of ether oxygens (including phenoxy) is 1. The van der Waals surface area contributed by atoms with Gasteiger partial charge in [0.1, 0.15) is 0 Å². The Morgan fingerprint density at radius 2 is 1.95 bits per heavy atom. The molecule has 0 aliphatic carbocycles. The van der Waals surface area contributed by atoms with Crippen molar-refractivity contribution in [1.29, 1.82) is 0 Å². The number of methoxy groups -OCH3 is 1. The number of Topliss-reactive ketones (excluding diaryl/α,β-unsaturated/α-hetero) is 1. The lowest BCUT2D eigenvalue weighted by atomic mass is 10.1. The van der Waals surface area contributed by atoms with Gasteiger partial charge in [0, 0.05) is 17.7 Å². The zero-order valence-electron chi connectivity index (χ0n) is 11.8. The Balaban J connectivity index is 2.31. The van der Waals surface area contributed by atoms with Crippen LogP contribution in [0.1, 0.15) is 53.1 Å². The van der Waals surface area contributed by atoms with Crippen molar-refractivity contribution in [2.24, 2.45) is 0 Å². The summed E-state index contributed by atoms with van der Waals surface area (Å²) in [6.45, 7) is -0.308. The monoisotopic (exact) mass is 300 g/mol. The van der Waals surface area contributed by atoms with Gasteiger partial charge in [-0.15, -0.1) is 11.3 Å². The van der Waals surface area contributed by atoms with E-state index in [9.17, 15) is 14.0 Å². The fourth-order valence-electron chi connectivity index (χ4n) is 1.85. The van der Waals surface area contributed by atoms with Crippen LogP contribution in [-0.2, 0) is 16.0 Å². The second-order valence-corrected chi connectivity index (χ2v) is 5.79. The van der Waals surface area contributed by atoms with Crippen LogP contribution >= 0.6 is 11.3 Å². The maximum absolute atomic E-state index is 11.9. The van der Waals surface area contributed by atoms with E-state index in [1.54, 1.807) is 0 Å². The van der Waals surface area contributed by atoms with Crippen LogP contribution in [0.2, 0.25) is 0 Å². The van der Waals surface area contributed by atoms with Crippen LogP contribution < -0.4 is 0 Å². The highest BCUT2D eigenvalue weighted by atomic mass is 32.1. The zero-order valence-corrected chi connectivity index (χ0v) is 12.6. The molecule has 0 bridgehead atoms. The number of esters is 1. The van der Waals surface area contributed by atoms with Crippen LogP contribution in [0.5, 0.6) is 0 Å². The molecular formula is C15H21FO3S. The van der Waals surface area contributed by atoms with Gasteiger partial charge in [-0.1, -0.05) is 6.42 Å². The normalized spacial score (nSPS) is 10.5. The van der Waals surface area contributed by atoms with Crippen molar-refractivity contribution in [2.75, 3.05) is 13.8 Å². The molecule has 1 aromatic rings. The number of halogens is 1. The van der Waals surface area contributed by atoms with E-state index >= 15 is 0 Å². The molecule has 0 atom stereocenters. The highest BCUT2D eigenvalue weighted by Gasteiger charge is 2.09. The highest BCUT2D eigenvalue weighted by molar-refractivity contribution is 7.14. The quantitative estimate of drug-likeness (QED) is 0.373. The molecule has 0 fully saturated rings. The van der Waals surface area contributed by atoms with Crippen molar-refractivity contribution in [3.8, 4) is 0 Å². The molecule has 5 heteroatoms. The molecule has 0 N–H and O–H groups in total. The fourth-order valence-corrected chi connectivity index (χ4v) is 2.87. The van der Waals surface area contributed by atoms with Crippen molar-refractivity contribution in [3.63, 3.8) is 0 Å². The second kappa shape index (κ2) is 9.64. The minimum Gasteiger partial charge on any atom is -0.469 e. The molecule has 0 saturated heterocycles. The van der Waals surface area contributed by atoms with Crippen LogP contribution in [0.15, 0.2) is 12.1 Å². The SMILES string of the molecule is COC(=O)CCCc1ccc(C(=O)CCCCCF)s1. The van der Waals surface area contributed by atoms with Crippen LogP contribution in [0.25, 0.3) is 0 Å². The summed E-state index contributed by atoms with van der Waals surface area (Å²) < 4.78 is 16.5. The largest absolute Gasteiger partial charge is 0.469 e. The Bertz CT molecular complexity index is 429. The lowest BCUT2D eigenvalue weighted by Crippen LogP contribution is -1.99.